The number of methoxy groups -OCH3 is 1. The van der Waals surface area contributed by atoms with E-state index in [4.69, 9.17) is 10.5 Å². The van der Waals surface area contributed by atoms with Crippen LogP contribution >= 0.6 is 11.8 Å². The minimum Gasteiger partial charge on any atom is -0.497 e. The fourth-order valence-electron chi connectivity index (χ4n) is 2.89. The monoisotopic (exact) mass is 375 g/mol. The van der Waals surface area contributed by atoms with Crippen LogP contribution in [0.4, 0.5) is 0 Å². The first-order valence-electron chi connectivity index (χ1n) is 8.33. The molecule has 1 fully saturated rings. The molecule has 138 valence electrons. The van der Waals surface area contributed by atoms with Gasteiger partial charge in [-0.25, -0.2) is 0 Å². The first kappa shape index (κ1) is 18.2. The Morgan fingerprint density at radius 2 is 2.12 bits per heavy atom. The number of carbonyl (C=O) groups excluding carboxylic acids is 2. The molecule has 1 aromatic heterocycles. The Morgan fingerprint density at radius 1 is 1.35 bits per heavy atom. The molecule has 26 heavy (non-hydrogen) atoms. The molecule has 3 rings (SSSR count). The lowest BCUT2D eigenvalue weighted by molar-refractivity contribution is -0.132. The summed E-state index contributed by atoms with van der Waals surface area (Å²) >= 11 is 1.34. The zero-order valence-electron chi connectivity index (χ0n) is 14.5. The van der Waals surface area contributed by atoms with E-state index in [0.29, 0.717) is 31.1 Å². The van der Waals surface area contributed by atoms with Crippen LogP contribution in [0.2, 0.25) is 0 Å². The number of primary amides is 1. The summed E-state index contributed by atoms with van der Waals surface area (Å²) in [5.74, 6) is 0.628. The third kappa shape index (κ3) is 4.16. The van der Waals surface area contributed by atoms with Crippen molar-refractivity contribution in [3.8, 4) is 11.4 Å². The van der Waals surface area contributed by atoms with E-state index in [0.717, 1.165) is 11.4 Å². The molecule has 0 spiro atoms. The van der Waals surface area contributed by atoms with Gasteiger partial charge in [0.2, 0.25) is 11.8 Å². The van der Waals surface area contributed by atoms with Gasteiger partial charge in [0.15, 0.2) is 5.16 Å². The Kier molecular flexibility index (Phi) is 5.77. The second-order valence-electron chi connectivity index (χ2n) is 6.03. The van der Waals surface area contributed by atoms with Crippen molar-refractivity contribution in [1.29, 1.82) is 0 Å². The standard InChI is InChI=1S/C17H21N5O3S/c1-25-14-4-2-3-13(9-14)22-11-19-20-17(22)26-10-15(23)21-7-5-12(6-8-21)16(18)24/h2-4,9,11-12H,5-8,10H2,1H3,(H2,18,24). The van der Waals surface area contributed by atoms with E-state index in [1.807, 2.05) is 28.8 Å². The summed E-state index contributed by atoms with van der Waals surface area (Å²) in [6, 6.07) is 7.55. The number of ether oxygens (including phenoxy) is 1. The molecule has 9 heteroatoms. The van der Waals surface area contributed by atoms with Gasteiger partial charge in [-0.05, 0) is 25.0 Å². The third-order valence-electron chi connectivity index (χ3n) is 4.42. The number of aromatic nitrogens is 3. The van der Waals surface area contributed by atoms with Crippen LogP contribution in [0.1, 0.15) is 12.8 Å². The normalized spacial score (nSPS) is 15.0. The van der Waals surface area contributed by atoms with Crippen LogP contribution < -0.4 is 10.5 Å². The molecule has 1 aliphatic heterocycles. The van der Waals surface area contributed by atoms with E-state index in [-0.39, 0.29) is 23.5 Å². The lowest BCUT2D eigenvalue weighted by Gasteiger charge is -2.30. The number of rotatable bonds is 6. The van der Waals surface area contributed by atoms with Crippen LogP contribution in [0, 0.1) is 5.92 Å². The van der Waals surface area contributed by atoms with Crippen molar-refractivity contribution in [2.24, 2.45) is 11.7 Å². The minimum absolute atomic E-state index is 0.0260. The molecular formula is C17H21N5O3S. The number of likely N-dealkylation sites (tertiary alicyclic amines) is 1. The summed E-state index contributed by atoms with van der Waals surface area (Å²) in [6.07, 6.45) is 2.87. The number of piperidine rings is 1. The van der Waals surface area contributed by atoms with Gasteiger partial charge in [-0.3, -0.25) is 14.2 Å². The maximum Gasteiger partial charge on any atom is 0.233 e. The topological polar surface area (TPSA) is 103 Å². The number of hydrogen-bond donors (Lipinski definition) is 1. The molecule has 0 unspecified atom stereocenters. The van der Waals surface area contributed by atoms with Gasteiger partial charge in [0, 0.05) is 25.1 Å². The predicted octanol–water partition coefficient (Wildman–Crippen LogP) is 1.09. The molecular weight excluding hydrogens is 354 g/mol. The van der Waals surface area contributed by atoms with Gasteiger partial charge < -0.3 is 15.4 Å². The van der Waals surface area contributed by atoms with E-state index in [9.17, 15) is 9.59 Å². The first-order chi connectivity index (χ1) is 12.6. The van der Waals surface area contributed by atoms with Crippen LogP contribution in [-0.2, 0) is 9.59 Å². The second kappa shape index (κ2) is 8.22. The van der Waals surface area contributed by atoms with Crippen LogP contribution in [0.15, 0.2) is 35.7 Å². The largest absolute Gasteiger partial charge is 0.497 e. The summed E-state index contributed by atoms with van der Waals surface area (Å²) in [6.45, 7) is 1.13. The van der Waals surface area contributed by atoms with Gasteiger partial charge in [0.25, 0.3) is 0 Å². The van der Waals surface area contributed by atoms with Gasteiger partial charge in [0.05, 0.1) is 18.6 Å². The average Bonchev–Trinajstić information content (AvgIpc) is 3.15. The molecule has 8 nitrogen and oxygen atoms in total. The molecule has 1 aromatic carbocycles. The van der Waals surface area contributed by atoms with Crippen molar-refractivity contribution >= 4 is 23.6 Å². The highest BCUT2D eigenvalue weighted by atomic mass is 32.2. The number of benzene rings is 1. The van der Waals surface area contributed by atoms with E-state index in [1.54, 1.807) is 18.3 Å². The van der Waals surface area contributed by atoms with Crippen molar-refractivity contribution in [3.05, 3.63) is 30.6 Å². The molecule has 0 bridgehead atoms. The van der Waals surface area contributed by atoms with E-state index < -0.39 is 0 Å². The molecule has 2 heterocycles. The van der Waals surface area contributed by atoms with Gasteiger partial charge >= 0.3 is 0 Å². The predicted molar refractivity (Wildman–Crippen MR) is 97.1 cm³/mol. The second-order valence-corrected chi connectivity index (χ2v) is 6.97. The van der Waals surface area contributed by atoms with Crippen LogP contribution in [0.25, 0.3) is 5.69 Å². The third-order valence-corrected chi connectivity index (χ3v) is 5.35. The Hall–Kier alpha value is -2.55. The fraction of sp³-hybridized carbons (Fsp3) is 0.412. The molecule has 0 atom stereocenters. The zero-order valence-corrected chi connectivity index (χ0v) is 15.3. The molecule has 2 amide bonds. The number of hydrogen-bond acceptors (Lipinski definition) is 6. The van der Waals surface area contributed by atoms with E-state index in [2.05, 4.69) is 10.2 Å². The molecule has 0 saturated carbocycles. The maximum absolute atomic E-state index is 12.4. The van der Waals surface area contributed by atoms with Gasteiger partial charge in [0.1, 0.15) is 12.1 Å². The van der Waals surface area contributed by atoms with Crippen molar-refractivity contribution in [1.82, 2.24) is 19.7 Å². The number of carbonyl (C=O) groups is 2. The minimum atomic E-state index is -0.280. The molecule has 0 radical (unpaired) electrons. The van der Waals surface area contributed by atoms with E-state index >= 15 is 0 Å². The number of nitrogens with two attached hydrogens (primary N) is 1. The lowest BCUT2D eigenvalue weighted by Crippen LogP contribution is -2.42. The van der Waals surface area contributed by atoms with E-state index in [1.165, 1.54) is 11.8 Å². The molecule has 1 aliphatic rings. The quantitative estimate of drug-likeness (QED) is 0.758. The first-order valence-corrected chi connectivity index (χ1v) is 9.31. The summed E-state index contributed by atoms with van der Waals surface area (Å²) < 4.78 is 7.06. The van der Waals surface area contributed by atoms with Crippen LogP contribution in [0.3, 0.4) is 0 Å². The fourth-order valence-corrected chi connectivity index (χ4v) is 3.72. The smallest absolute Gasteiger partial charge is 0.233 e. The van der Waals surface area contributed by atoms with Gasteiger partial charge in [-0.15, -0.1) is 10.2 Å². The summed E-state index contributed by atoms with van der Waals surface area (Å²) in [5.41, 5.74) is 6.20. The highest BCUT2D eigenvalue weighted by Crippen LogP contribution is 2.23. The Balaban J connectivity index is 1.60. The van der Waals surface area contributed by atoms with Crippen molar-refractivity contribution in [2.75, 3.05) is 26.0 Å². The average molecular weight is 375 g/mol. The SMILES string of the molecule is COc1cccc(-n2cnnc2SCC(=O)N2CCC(C(N)=O)CC2)c1. The highest BCUT2D eigenvalue weighted by molar-refractivity contribution is 7.99. The molecule has 2 aromatic rings. The molecule has 1 saturated heterocycles. The number of amides is 2. The van der Waals surface area contributed by atoms with Crippen molar-refractivity contribution in [3.63, 3.8) is 0 Å². The molecule has 0 aliphatic carbocycles. The summed E-state index contributed by atoms with van der Waals surface area (Å²) in [4.78, 5) is 25.4. The van der Waals surface area contributed by atoms with Gasteiger partial charge in [-0.2, -0.15) is 0 Å². The maximum atomic E-state index is 12.4. The van der Waals surface area contributed by atoms with Crippen molar-refractivity contribution < 1.29 is 14.3 Å². The molecule has 2 N–H and O–H groups in total. The van der Waals surface area contributed by atoms with Crippen LogP contribution in [-0.4, -0.2) is 57.4 Å². The van der Waals surface area contributed by atoms with Gasteiger partial charge in [-0.1, -0.05) is 17.8 Å². The number of thioether (sulfide) groups is 1. The Morgan fingerprint density at radius 3 is 2.81 bits per heavy atom. The Bertz CT molecular complexity index is 786. The summed E-state index contributed by atoms with van der Waals surface area (Å²) in [5, 5.41) is 8.69. The lowest BCUT2D eigenvalue weighted by atomic mass is 9.96. The number of nitrogens with zero attached hydrogens (tertiary/aromatic N) is 4. The zero-order chi connectivity index (χ0) is 18.5. The Labute approximate surface area is 155 Å². The summed E-state index contributed by atoms with van der Waals surface area (Å²) in [7, 11) is 1.61. The highest BCUT2D eigenvalue weighted by Gasteiger charge is 2.26. The van der Waals surface area contributed by atoms with Crippen LogP contribution in [0.5, 0.6) is 5.75 Å². The van der Waals surface area contributed by atoms with Crippen molar-refractivity contribution in [2.45, 2.75) is 18.0 Å².